The van der Waals surface area contributed by atoms with Gasteiger partial charge in [0.15, 0.2) is 0 Å². The molecule has 0 spiro atoms. The van der Waals surface area contributed by atoms with Crippen molar-refractivity contribution < 1.29 is 0 Å². The Bertz CT molecular complexity index is 160. The molecule has 0 aromatic carbocycles. The first-order chi connectivity index (χ1) is 7.92. The normalized spacial score (nSPS) is 25.1. The summed E-state index contributed by atoms with van der Waals surface area (Å²) < 4.78 is 0. The molecule has 0 atom stereocenters. The van der Waals surface area contributed by atoms with Gasteiger partial charge in [-0.1, -0.05) is 45.4 Å². The Morgan fingerprint density at radius 3 is 1.56 bits per heavy atom. The van der Waals surface area contributed by atoms with E-state index in [-0.39, 0.29) is 0 Å². The van der Waals surface area contributed by atoms with Gasteiger partial charge >= 0.3 is 0 Å². The zero-order valence-corrected chi connectivity index (χ0v) is 10.8. The van der Waals surface area contributed by atoms with E-state index in [9.17, 15) is 0 Å². The van der Waals surface area contributed by atoms with Crippen LogP contribution in [0.2, 0.25) is 0 Å². The van der Waals surface area contributed by atoms with Gasteiger partial charge in [0.2, 0.25) is 0 Å². The first-order valence-electron chi connectivity index (χ1n) is 7.47. The molecule has 0 heterocycles. The molecule has 1 heteroatoms. The van der Waals surface area contributed by atoms with E-state index in [0.29, 0.717) is 0 Å². The SMILES string of the molecule is [CH2]CCN(C1CCCCC1)C1CCCCC1. The Labute approximate surface area is 102 Å². The Morgan fingerprint density at radius 1 is 0.750 bits per heavy atom. The molecule has 2 aliphatic rings. The van der Waals surface area contributed by atoms with Crippen molar-refractivity contribution in [3.8, 4) is 0 Å². The lowest BCUT2D eigenvalue weighted by Crippen LogP contribution is -2.45. The third kappa shape index (κ3) is 3.23. The molecule has 1 nitrogen and oxygen atoms in total. The Kier molecular flexibility index (Phi) is 5.15. The summed E-state index contributed by atoms with van der Waals surface area (Å²) in [5.41, 5.74) is 0. The maximum Gasteiger partial charge on any atom is 0.00981 e. The van der Waals surface area contributed by atoms with Gasteiger partial charge in [-0.25, -0.2) is 0 Å². The molecule has 2 aliphatic carbocycles. The number of nitrogens with zero attached hydrogens (tertiary/aromatic N) is 1. The van der Waals surface area contributed by atoms with Gasteiger partial charge in [0.25, 0.3) is 0 Å². The minimum atomic E-state index is 0.901. The number of hydrogen-bond acceptors (Lipinski definition) is 1. The molecule has 0 amide bonds. The van der Waals surface area contributed by atoms with Crippen LogP contribution in [-0.2, 0) is 0 Å². The number of hydrogen-bond donors (Lipinski definition) is 0. The van der Waals surface area contributed by atoms with Gasteiger partial charge in [-0.15, -0.1) is 0 Å². The molecule has 2 saturated carbocycles. The lowest BCUT2D eigenvalue weighted by atomic mass is 9.88. The molecular weight excluding hydrogens is 194 g/mol. The standard InChI is InChI=1S/C15H28N/c1-2-13-16(14-9-5-3-6-10-14)15-11-7-4-8-12-15/h14-15H,1-13H2. The second-order valence-electron chi connectivity index (χ2n) is 5.68. The van der Waals surface area contributed by atoms with Crippen LogP contribution in [0.5, 0.6) is 0 Å². The van der Waals surface area contributed by atoms with Gasteiger partial charge in [0, 0.05) is 12.1 Å². The summed E-state index contributed by atoms with van der Waals surface area (Å²) in [7, 11) is 0. The van der Waals surface area contributed by atoms with E-state index in [1.54, 1.807) is 0 Å². The predicted octanol–water partition coefficient (Wildman–Crippen LogP) is 4.18. The Morgan fingerprint density at radius 2 is 1.19 bits per heavy atom. The molecule has 0 saturated heterocycles. The number of rotatable bonds is 4. The van der Waals surface area contributed by atoms with E-state index in [0.717, 1.165) is 18.5 Å². The largest absolute Gasteiger partial charge is 0.297 e. The zero-order valence-electron chi connectivity index (χ0n) is 10.8. The molecular formula is C15H28N. The van der Waals surface area contributed by atoms with Crippen LogP contribution in [-0.4, -0.2) is 23.5 Å². The summed E-state index contributed by atoms with van der Waals surface area (Å²) in [6.07, 6.45) is 15.7. The van der Waals surface area contributed by atoms with Crippen molar-refractivity contribution >= 4 is 0 Å². The molecule has 0 aromatic heterocycles. The average molecular weight is 222 g/mol. The van der Waals surface area contributed by atoms with Crippen LogP contribution in [0.1, 0.15) is 70.6 Å². The summed E-state index contributed by atoms with van der Waals surface area (Å²) in [6, 6.07) is 1.80. The van der Waals surface area contributed by atoms with Crippen molar-refractivity contribution in [1.29, 1.82) is 0 Å². The van der Waals surface area contributed by atoms with Crippen molar-refractivity contribution in [3.05, 3.63) is 6.92 Å². The third-order valence-electron chi connectivity index (χ3n) is 4.50. The lowest BCUT2D eigenvalue weighted by Gasteiger charge is -2.41. The molecule has 0 aromatic rings. The topological polar surface area (TPSA) is 3.24 Å². The first kappa shape index (κ1) is 12.4. The van der Waals surface area contributed by atoms with Gasteiger partial charge < -0.3 is 0 Å². The molecule has 2 rings (SSSR count). The third-order valence-corrected chi connectivity index (χ3v) is 4.50. The summed E-state index contributed by atoms with van der Waals surface area (Å²) >= 11 is 0. The van der Waals surface area contributed by atoms with E-state index in [1.807, 2.05) is 0 Å². The molecule has 2 fully saturated rings. The minimum absolute atomic E-state index is 0.901. The van der Waals surface area contributed by atoms with Crippen molar-refractivity contribution in [2.75, 3.05) is 6.54 Å². The smallest absolute Gasteiger partial charge is 0.00981 e. The fourth-order valence-corrected chi connectivity index (χ4v) is 3.67. The summed E-state index contributed by atoms with van der Waals surface area (Å²) in [4.78, 5) is 2.84. The second-order valence-corrected chi connectivity index (χ2v) is 5.68. The first-order valence-corrected chi connectivity index (χ1v) is 7.47. The highest BCUT2D eigenvalue weighted by molar-refractivity contribution is 4.83. The van der Waals surface area contributed by atoms with Crippen molar-refractivity contribution in [1.82, 2.24) is 4.90 Å². The van der Waals surface area contributed by atoms with E-state index in [2.05, 4.69) is 11.8 Å². The van der Waals surface area contributed by atoms with Crippen LogP contribution in [0.25, 0.3) is 0 Å². The van der Waals surface area contributed by atoms with Gasteiger partial charge in [-0.2, -0.15) is 0 Å². The summed E-state index contributed by atoms with van der Waals surface area (Å²) in [6.45, 7) is 5.32. The van der Waals surface area contributed by atoms with Crippen LogP contribution in [0, 0.1) is 6.92 Å². The zero-order chi connectivity index (χ0) is 11.2. The predicted molar refractivity (Wildman–Crippen MR) is 70.4 cm³/mol. The van der Waals surface area contributed by atoms with Crippen molar-refractivity contribution in [2.24, 2.45) is 0 Å². The van der Waals surface area contributed by atoms with Crippen molar-refractivity contribution in [3.63, 3.8) is 0 Å². The molecule has 0 aliphatic heterocycles. The summed E-state index contributed by atoms with van der Waals surface area (Å²) in [5.74, 6) is 0. The van der Waals surface area contributed by atoms with Crippen LogP contribution < -0.4 is 0 Å². The lowest BCUT2D eigenvalue weighted by molar-refractivity contribution is 0.0826. The highest BCUT2D eigenvalue weighted by Crippen LogP contribution is 2.30. The van der Waals surface area contributed by atoms with Crippen LogP contribution in [0.4, 0.5) is 0 Å². The van der Waals surface area contributed by atoms with Gasteiger partial charge in [0.1, 0.15) is 0 Å². The van der Waals surface area contributed by atoms with Crippen LogP contribution in [0.15, 0.2) is 0 Å². The molecule has 16 heavy (non-hydrogen) atoms. The average Bonchev–Trinajstić information content (AvgIpc) is 2.38. The highest BCUT2D eigenvalue weighted by Gasteiger charge is 2.27. The van der Waals surface area contributed by atoms with E-state index >= 15 is 0 Å². The minimum Gasteiger partial charge on any atom is -0.297 e. The molecule has 0 bridgehead atoms. The molecule has 0 unspecified atom stereocenters. The Balaban J connectivity index is 1.91. The fourth-order valence-electron chi connectivity index (χ4n) is 3.67. The van der Waals surface area contributed by atoms with Crippen LogP contribution >= 0.6 is 0 Å². The van der Waals surface area contributed by atoms with Crippen LogP contribution in [0.3, 0.4) is 0 Å². The fraction of sp³-hybridized carbons (Fsp3) is 0.933. The highest BCUT2D eigenvalue weighted by atomic mass is 15.2. The van der Waals surface area contributed by atoms with Gasteiger partial charge in [-0.3, -0.25) is 4.90 Å². The molecule has 93 valence electrons. The van der Waals surface area contributed by atoms with E-state index < -0.39 is 0 Å². The maximum atomic E-state index is 4.07. The molecule has 0 N–H and O–H groups in total. The summed E-state index contributed by atoms with van der Waals surface area (Å²) in [5, 5.41) is 0. The maximum absolute atomic E-state index is 4.07. The molecule has 1 radical (unpaired) electrons. The van der Waals surface area contributed by atoms with E-state index in [1.165, 1.54) is 70.8 Å². The second kappa shape index (κ2) is 6.64. The quantitative estimate of drug-likeness (QED) is 0.690. The van der Waals surface area contributed by atoms with Gasteiger partial charge in [-0.05, 0) is 38.6 Å². The van der Waals surface area contributed by atoms with Crippen molar-refractivity contribution in [2.45, 2.75) is 82.7 Å². The monoisotopic (exact) mass is 222 g/mol. The van der Waals surface area contributed by atoms with Gasteiger partial charge in [0.05, 0.1) is 0 Å². The van der Waals surface area contributed by atoms with E-state index in [4.69, 9.17) is 0 Å². The Hall–Kier alpha value is -0.0400.